The summed E-state index contributed by atoms with van der Waals surface area (Å²) in [6.45, 7) is 5.50. The van der Waals surface area contributed by atoms with Crippen LogP contribution in [0.25, 0.3) is 5.69 Å². The minimum absolute atomic E-state index is 0.296. The standard InChI is InChI=1S/C18H17FN4O2S/c1-4-15-21-22-18(26-15)20-17(25)16(24)14-9-10(2)23(11(14)3)13-7-5-12(19)6-8-13/h5-9H,4H2,1-3H3,(H,20,22,25). The van der Waals surface area contributed by atoms with Gasteiger partial charge in [0.15, 0.2) is 0 Å². The number of anilines is 1. The second-order valence-corrected chi connectivity index (χ2v) is 6.80. The number of carbonyl (C=O) groups excluding carboxylic acids is 2. The third-order valence-electron chi connectivity index (χ3n) is 3.96. The highest BCUT2D eigenvalue weighted by atomic mass is 32.1. The van der Waals surface area contributed by atoms with Gasteiger partial charge in [-0.05, 0) is 50.6 Å². The molecule has 6 nitrogen and oxygen atoms in total. The maximum Gasteiger partial charge on any atom is 0.298 e. The fraction of sp³-hybridized carbons (Fsp3) is 0.222. The molecule has 26 heavy (non-hydrogen) atoms. The Labute approximate surface area is 153 Å². The van der Waals surface area contributed by atoms with E-state index in [4.69, 9.17) is 0 Å². The monoisotopic (exact) mass is 372 g/mol. The number of aryl methyl sites for hydroxylation is 2. The number of aromatic nitrogens is 3. The first kappa shape index (κ1) is 17.9. The second-order valence-electron chi connectivity index (χ2n) is 5.73. The summed E-state index contributed by atoms with van der Waals surface area (Å²) in [4.78, 5) is 24.9. The van der Waals surface area contributed by atoms with Crippen molar-refractivity contribution < 1.29 is 14.0 Å². The number of Topliss-reactive ketones (excluding diaryl/α,β-unsaturated/α-hetero) is 1. The summed E-state index contributed by atoms with van der Waals surface area (Å²) in [6, 6.07) is 7.60. The molecule has 1 N–H and O–H groups in total. The molecule has 0 radical (unpaired) electrons. The molecule has 0 spiro atoms. The number of halogens is 1. The number of hydrogen-bond donors (Lipinski definition) is 1. The van der Waals surface area contributed by atoms with E-state index < -0.39 is 11.7 Å². The summed E-state index contributed by atoms with van der Waals surface area (Å²) in [7, 11) is 0. The SMILES string of the molecule is CCc1nnc(NC(=O)C(=O)c2cc(C)n(-c3ccc(F)cc3)c2C)s1. The second kappa shape index (κ2) is 7.17. The molecule has 1 aromatic carbocycles. The Morgan fingerprint density at radius 3 is 2.50 bits per heavy atom. The van der Waals surface area contributed by atoms with Gasteiger partial charge in [0.1, 0.15) is 10.8 Å². The van der Waals surface area contributed by atoms with E-state index in [1.54, 1.807) is 29.7 Å². The van der Waals surface area contributed by atoms with Crippen molar-refractivity contribution in [2.75, 3.05) is 5.32 Å². The molecule has 1 amide bonds. The summed E-state index contributed by atoms with van der Waals surface area (Å²) >= 11 is 1.24. The number of benzene rings is 1. The van der Waals surface area contributed by atoms with Gasteiger partial charge in [0.05, 0.1) is 0 Å². The van der Waals surface area contributed by atoms with Crippen molar-refractivity contribution in [2.45, 2.75) is 27.2 Å². The molecule has 0 aliphatic rings. The Bertz CT molecular complexity index is 976. The van der Waals surface area contributed by atoms with E-state index in [9.17, 15) is 14.0 Å². The molecule has 3 rings (SSSR count). The third kappa shape index (κ3) is 3.41. The first-order chi connectivity index (χ1) is 12.4. The van der Waals surface area contributed by atoms with Gasteiger partial charge < -0.3 is 4.57 Å². The normalized spacial score (nSPS) is 10.8. The molecule has 0 fully saturated rings. The lowest BCUT2D eigenvalue weighted by molar-refractivity contribution is -0.112. The van der Waals surface area contributed by atoms with Crippen molar-refractivity contribution in [3.8, 4) is 5.69 Å². The van der Waals surface area contributed by atoms with Gasteiger partial charge in [0.2, 0.25) is 5.13 Å². The Morgan fingerprint density at radius 1 is 1.19 bits per heavy atom. The van der Waals surface area contributed by atoms with Crippen molar-refractivity contribution in [3.63, 3.8) is 0 Å². The molecule has 0 aliphatic carbocycles. The highest BCUT2D eigenvalue weighted by Gasteiger charge is 2.23. The zero-order valence-corrected chi connectivity index (χ0v) is 15.4. The fourth-order valence-electron chi connectivity index (χ4n) is 2.70. The predicted molar refractivity (Wildman–Crippen MR) is 97.4 cm³/mol. The highest BCUT2D eigenvalue weighted by molar-refractivity contribution is 7.15. The lowest BCUT2D eigenvalue weighted by atomic mass is 10.1. The Balaban J connectivity index is 1.86. The van der Waals surface area contributed by atoms with Crippen LogP contribution in [-0.4, -0.2) is 26.5 Å². The molecule has 0 unspecified atom stereocenters. The maximum absolute atomic E-state index is 13.2. The highest BCUT2D eigenvalue weighted by Crippen LogP contribution is 2.22. The van der Waals surface area contributed by atoms with Crippen LogP contribution in [0.3, 0.4) is 0 Å². The van der Waals surface area contributed by atoms with Gasteiger partial charge in [-0.3, -0.25) is 14.9 Å². The first-order valence-corrected chi connectivity index (χ1v) is 8.85. The van der Waals surface area contributed by atoms with Crippen LogP contribution in [0.2, 0.25) is 0 Å². The molecule has 134 valence electrons. The van der Waals surface area contributed by atoms with Crippen LogP contribution in [0.5, 0.6) is 0 Å². The molecule has 0 atom stereocenters. The lowest BCUT2D eigenvalue weighted by Gasteiger charge is -2.09. The number of amides is 1. The van der Waals surface area contributed by atoms with Crippen LogP contribution in [-0.2, 0) is 11.2 Å². The summed E-state index contributed by atoms with van der Waals surface area (Å²) in [6.07, 6.45) is 0.709. The van der Waals surface area contributed by atoms with Gasteiger partial charge in [-0.1, -0.05) is 18.3 Å². The van der Waals surface area contributed by atoms with E-state index in [-0.39, 0.29) is 5.82 Å². The van der Waals surface area contributed by atoms with E-state index in [0.29, 0.717) is 22.8 Å². The molecule has 0 saturated carbocycles. The zero-order chi connectivity index (χ0) is 18.8. The Hall–Kier alpha value is -2.87. The molecule has 2 heterocycles. The molecule has 8 heteroatoms. The van der Waals surface area contributed by atoms with Gasteiger partial charge in [-0.2, -0.15) is 0 Å². The molecular formula is C18H17FN4O2S. The summed E-state index contributed by atoms with van der Waals surface area (Å²) in [5, 5.41) is 11.3. The van der Waals surface area contributed by atoms with E-state index in [2.05, 4.69) is 15.5 Å². The van der Waals surface area contributed by atoms with Crippen LogP contribution >= 0.6 is 11.3 Å². The number of hydrogen-bond acceptors (Lipinski definition) is 5. The quantitative estimate of drug-likeness (QED) is 0.550. The van der Waals surface area contributed by atoms with E-state index in [0.717, 1.165) is 16.4 Å². The maximum atomic E-state index is 13.2. The summed E-state index contributed by atoms with van der Waals surface area (Å²) < 4.78 is 15.0. The predicted octanol–water partition coefficient (Wildman–Crippen LogP) is 3.47. The number of ketones is 1. The van der Waals surface area contributed by atoms with Crippen LogP contribution in [0.4, 0.5) is 9.52 Å². The van der Waals surface area contributed by atoms with E-state index in [1.165, 1.54) is 23.5 Å². The van der Waals surface area contributed by atoms with E-state index in [1.807, 2.05) is 13.8 Å². The number of carbonyl (C=O) groups is 2. The smallest absolute Gasteiger partial charge is 0.298 e. The third-order valence-corrected chi connectivity index (χ3v) is 4.94. The van der Waals surface area contributed by atoms with Gasteiger partial charge in [0.25, 0.3) is 11.7 Å². The van der Waals surface area contributed by atoms with E-state index >= 15 is 0 Å². The van der Waals surface area contributed by atoms with Crippen LogP contribution in [0.15, 0.2) is 30.3 Å². The van der Waals surface area contributed by atoms with Crippen molar-refractivity contribution in [3.05, 3.63) is 58.1 Å². The average Bonchev–Trinajstić information content (AvgIpc) is 3.19. The average molecular weight is 372 g/mol. The van der Waals surface area contributed by atoms with Crippen LogP contribution in [0, 0.1) is 19.7 Å². The molecule has 0 bridgehead atoms. The van der Waals surface area contributed by atoms with Crippen molar-refractivity contribution in [2.24, 2.45) is 0 Å². The molecule has 0 saturated heterocycles. The topological polar surface area (TPSA) is 76.9 Å². The Kier molecular flexibility index (Phi) is 4.94. The number of nitrogens with zero attached hydrogens (tertiary/aromatic N) is 3. The number of nitrogens with one attached hydrogen (secondary N) is 1. The fourth-order valence-corrected chi connectivity index (χ4v) is 3.38. The van der Waals surface area contributed by atoms with Crippen LogP contribution in [0.1, 0.15) is 33.7 Å². The van der Waals surface area contributed by atoms with Crippen LogP contribution < -0.4 is 5.32 Å². The van der Waals surface area contributed by atoms with Gasteiger partial charge in [0, 0.05) is 22.6 Å². The molecule has 3 aromatic rings. The van der Waals surface area contributed by atoms with Gasteiger partial charge >= 0.3 is 0 Å². The Morgan fingerprint density at radius 2 is 1.88 bits per heavy atom. The first-order valence-electron chi connectivity index (χ1n) is 8.03. The molecular weight excluding hydrogens is 355 g/mol. The minimum Gasteiger partial charge on any atom is -0.318 e. The zero-order valence-electron chi connectivity index (χ0n) is 14.5. The summed E-state index contributed by atoms with van der Waals surface area (Å²) in [5.41, 5.74) is 2.40. The largest absolute Gasteiger partial charge is 0.318 e. The lowest BCUT2D eigenvalue weighted by Crippen LogP contribution is -2.23. The van der Waals surface area contributed by atoms with Crippen molar-refractivity contribution in [1.29, 1.82) is 0 Å². The van der Waals surface area contributed by atoms with Gasteiger partial charge in [-0.25, -0.2) is 4.39 Å². The summed E-state index contributed by atoms with van der Waals surface area (Å²) in [5.74, 6) is -1.75. The van der Waals surface area contributed by atoms with Gasteiger partial charge in [-0.15, -0.1) is 10.2 Å². The van der Waals surface area contributed by atoms with Crippen molar-refractivity contribution >= 4 is 28.2 Å². The van der Waals surface area contributed by atoms with Crippen molar-refractivity contribution in [1.82, 2.24) is 14.8 Å². The molecule has 2 aromatic heterocycles. The molecule has 0 aliphatic heterocycles. The minimum atomic E-state index is -0.761. The number of rotatable bonds is 5.